The van der Waals surface area contributed by atoms with Crippen molar-refractivity contribution < 1.29 is 4.74 Å². The Hall–Kier alpha value is -0.120. The van der Waals surface area contributed by atoms with E-state index in [1.807, 2.05) is 0 Å². The van der Waals surface area contributed by atoms with Crippen molar-refractivity contribution >= 4 is 0 Å². The van der Waals surface area contributed by atoms with Gasteiger partial charge in [-0.3, -0.25) is 0 Å². The molecule has 1 heterocycles. The summed E-state index contributed by atoms with van der Waals surface area (Å²) in [4.78, 5) is 2.24. The third kappa shape index (κ3) is 4.07. The molecule has 0 amide bonds. The second-order valence-electron chi connectivity index (χ2n) is 5.02. The van der Waals surface area contributed by atoms with Crippen molar-refractivity contribution in [1.29, 1.82) is 0 Å². The number of nitrogens with zero attached hydrogens (tertiary/aromatic N) is 1. The molecule has 0 aromatic heterocycles. The van der Waals surface area contributed by atoms with Crippen LogP contribution < -0.4 is 5.32 Å². The summed E-state index contributed by atoms with van der Waals surface area (Å²) < 4.78 is 5.11. The van der Waals surface area contributed by atoms with E-state index in [0.29, 0.717) is 11.5 Å². The number of nitrogens with one attached hydrogen (secondary N) is 1. The standard InChI is InChI=1S/C10H22N2O/c1-10(2,8-12(3)4)7-11-9-5-13-6-9/h9,11H,5-8H2,1-4H3. The number of rotatable bonds is 5. The Balaban J connectivity index is 2.16. The molecule has 1 aliphatic heterocycles. The molecular weight excluding hydrogens is 164 g/mol. The molecule has 1 saturated heterocycles. The number of hydrogen-bond acceptors (Lipinski definition) is 3. The van der Waals surface area contributed by atoms with Crippen molar-refractivity contribution in [2.75, 3.05) is 40.4 Å². The number of hydrogen-bond donors (Lipinski definition) is 1. The van der Waals surface area contributed by atoms with E-state index in [1.54, 1.807) is 0 Å². The van der Waals surface area contributed by atoms with E-state index in [2.05, 4.69) is 38.2 Å². The summed E-state index contributed by atoms with van der Waals surface area (Å²) in [5.41, 5.74) is 0.346. The Morgan fingerprint density at radius 2 is 2.00 bits per heavy atom. The predicted molar refractivity (Wildman–Crippen MR) is 54.9 cm³/mol. The summed E-state index contributed by atoms with van der Waals surface area (Å²) in [7, 11) is 4.24. The van der Waals surface area contributed by atoms with Crippen LogP contribution in [-0.4, -0.2) is 51.3 Å². The van der Waals surface area contributed by atoms with Crippen LogP contribution in [0.3, 0.4) is 0 Å². The summed E-state index contributed by atoms with van der Waals surface area (Å²) in [5, 5.41) is 3.51. The van der Waals surface area contributed by atoms with Gasteiger partial charge >= 0.3 is 0 Å². The summed E-state index contributed by atoms with van der Waals surface area (Å²) in [5.74, 6) is 0. The van der Waals surface area contributed by atoms with Gasteiger partial charge in [0.2, 0.25) is 0 Å². The molecule has 78 valence electrons. The third-order valence-electron chi connectivity index (χ3n) is 2.25. The normalized spacial score (nSPS) is 19.2. The first-order chi connectivity index (χ1) is 5.99. The van der Waals surface area contributed by atoms with E-state index in [0.717, 1.165) is 26.3 Å². The van der Waals surface area contributed by atoms with Crippen molar-refractivity contribution in [2.24, 2.45) is 5.41 Å². The molecule has 0 aliphatic carbocycles. The Morgan fingerprint density at radius 1 is 1.38 bits per heavy atom. The van der Waals surface area contributed by atoms with Gasteiger partial charge in [-0.05, 0) is 19.5 Å². The molecule has 0 aromatic rings. The van der Waals surface area contributed by atoms with Crippen LogP contribution in [-0.2, 0) is 4.74 Å². The van der Waals surface area contributed by atoms with Gasteiger partial charge in [0.05, 0.1) is 19.3 Å². The highest BCUT2D eigenvalue weighted by Crippen LogP contribution is 2.15. The van der Waals surface area contributed by atoms with Gasteiger partial charge in [-0.2, -0.15) is 0 Å². The van der Waals surface area contributed by atoms with Crippen LogP contribution in [0.5, 0.6) is 0 Å². The van der Waals surface area contributed by atoms with Gasteiger partial charge < -0.3 is 15.0 Å². The van der Waals surface area contributed by atoms with E-state index in [9.17, 15) is 0 Å². The fraction of sp³-hybridized carbons (Fsp3) is 1.00. The summed E-state index contributed by atoms with van der Waals surface area (Å²) in [6.07, 6.45) is 0. The molecule has 1 rings (SSSR count). The molecule has 3 heteroatoms. The van der Waals surface area contributed by atoms with Crippen molar-refractivity contribution in [2.45, 2.75) is 19.9 Å². The Morgan fingerprint density at radius 3 is 2.38 bits per heavy atom. The molecule has 0 atom stereocenters. The molecule has 0 aromatic carbocycles. The third-order valence-corrected chi connectivity index (χ3v) is 2.25. The molecule has 1 aliphatic rings. The lowest BCUT2D eigenvalue weighted by atomic mass is 9.92. The molecule has 13 heavy (non-hydrogen) atoms. The average Bonchev–Trinajstić information content (AvgIpc) is 1.79. The largest absolute Gasteiger partial charge is 0.378 e. The first-order valence-corrected chi connectivity index (χ1v) is 4.95. The van der Waals surface area contributed by atoms with Crippen LogP contribution in [0.15, 0.2) is 0 Å². The number of ether oxygens (including phenoxy) is 1. The molecule has 1 N–H and O–H groups in total. The van der Waals surface area contributed by atoms with Crippen LogP contribution in [0, 0.1) is 5.41 Å². The summed E-state index contributed by atoms with van der Waals surface area (Å²) >= 11 is 0. The molecule has 0 bridgehead atoms. The quantitative estimate of drug-likeness (QED) is 0.679. The first kappa shape index (κ1) is 11.0. The lowest BCUT2D eigenvalue weighted by molar-refractivity contribution is -0.00929. The smallest absolute Gasteiger partial charge is 0.0643 e. The van der Waals surface area contributed by atoms with Crippen molar-refractivity contribution in [3.05, 3.63) is 0 Å². The molecule has 0 spiro atoms. The van der Waals surface area contributed by atoms with Crippen LogP contribution in [0.25, 0.3) is 0 Å². The Labute approximate surface area is 81.4 Å². The van der Waals surface area contributed by atoms with Crippen LogP contribution in [0.2, 0.25) is 0 Å². The lowest BCUT2D eigenvalue weighted by Gasteiger charge is -2.33. The zero-order valence-electron chi connectivity index (χ0n) is 9.26. The van der Waals surface area contributed by atoms with E-state index < -0.39 is 0 Å². The maximum absolute atomic E-state index is 5.11. The first-order valence-electron chi connectivity index (χ1n) is 4.95. The second-order valence-corrected chi connectivity index (χ2v) is 5.02. The average molecular weight is 186 g/mol. The van der Waals surface area contributed by atoms with Gasteiger partial charge in [0.1, 0.15) is 0 Å². The maximum atomic E-state index is 5.11. The molecule has 0 saturated carbocycles. The van der Waals surface area contributed by atoms with Crippen LogP contribution in [0.1, 0.15) is 13.8 Å². The van der Waals surface area contributed by atoms with Gasteiger partial charge in [0.25, 0.3) is 0 Å². The van der Waals surface area contributed by atoms with Crippen LogP contribution in [0.4, 0.5) is 0 Å². The summed E-state index contributed by atoms with van der Waals surface area (Å²) in [6.45, 7) is 8.54. The van der Waals surface area contributed by atoms with Crippen molar-refractivity contribution in [3.8, 4) is 0 Å². The predicted octanol–water partition coefficient (Wildman–Crippen LogP) is 0.563. The van der Waals surface area contributed by atoms with Crippen molar-refractivity contribution in [1.82, 2.24) is 10.2 Å². The molecule has 1 fully saturated rings. The van der Waals surface area contributed by atoms with Gasteiger partial charge in [0.15, 0.2) is 0 Å². The maximum Gasteiger partial charge on any atom is 0.0643 e. The summed E-state index contributed by atoms with van der Waals surface area (Å²) in [6, 6.07) is 0.599. The fourth-order valence-electron chi connectivity index (χ4n) is 1.69. The van der Waals surface area contributed by atoms with E-state index in [1.165, 1.54) is 0 Å². The van der Waals surface area contributed by atoms with Gasteiger partial charge in [-0.25, -0.2) is 0 Å². The highest BCUT2D eigenvalue weighted by Gasteiger charge is 2.23. The van der Waals surface area contributed by atoms with Gasteiger partial charge in [-0.1, -0.05) is 13.8 Å². The lowest BCUT2D eigenvalue weighted by Crippen LogP contribution is -2.50. The minimum Gasteiger partial charge on any atom is -0.378 e. The topological polar surface area (TPSA) is 24.5 Å². The fourth-order valence-corrected chi connectivity index (χ4v) is 1.69. The monoisotopic (exact) mass is 186 g/mol. The highest BCUT2D eigenvalue weighted by molar-refractivity contribution is 4.79. The minimum atomic E-state index is 0.346. The minimum absolute atomic E-state index is 0.346. The molecule has 3 nitrogen and oxygen atoms in total. The zero-order chi connectivity index (χ0) is 9.90. The zero-order valence-corrected chi connectivity index (χ0v) is 9.26. The molecule has 0 unspecified atom stereocenters. The molecule has 0 radical (unpaired) electrons. The Bertz CT molecular complexity index is 153. The van der Waals surface area contributed by atoms with Gasteiger partial charge in [-0.15, -0.1) is 0 Å². The van der Waals surface area contributed by atoms with E-state index in [-0.39, 0.29) is 0 Å². The van der Waals surface area contributed by atoms with Crippen LogP contribution >= 0.6 is 0 Å². The second kappa shape index (κ2) is 4.40. The molecular formula is C10H22N2O. The highest BCUT2D eigenvalue weighted by atomic mass is 16.5. The Kier molecular flexibility index (Phi) is 3.71. The van der Waals surface area contributed by atoms with Gasteiger partial charge in [0, 0.05) is 13.1 Å². The van der Waals surface area contributed by atoms with Crippen molar-refractivity contribution in [3.63, 3.8) is 0 Å². The van der Waals surface area contributed by atoms with E-state index in [4.69, 9.17) is 4.74 Å². The SMILES string of the molecule is CN(C)CC(C)(C)CNC1COC1. The van der Waals surface area contributed by atoms with E-state index >= 15 is 0 Å².